The van der Waals surface area contributed by atoms with Gasteiger partial charge in [0.2, 0.25) is 5.91 Å². The van der Waals surface area contributed by atoms with E-state index < -0.39 is 17.3 Å². The molecule has 2 saturated heterocycles. The molecule has 0 saturated carbocycles. The van der Waals surface area contributed by atoms with Crippen LogP contribution < -0.4 is 4.90 Å². The second-order valence-electron chi connectivity index (χ2n) is 7.96. The molecule has 11 heteroatoms. The molecule has 0 radical (unpaired) electrons. The first-order chi connectivity index (χ1) is 14.2. The zero-order valence-corrected chi connectivity index (χ0v) is 16.7. The van der Waals surface area contributed by atoms with E-state index in [2.05, 4.69) is 15.1 Å². The molecule has 2 aromatic rings. The zero-order valence-electron chi connectivity index (χ0n) is 16.7. The minimum atomic E-state index is -4.55. The third-order valence-corrected chi connectivity index (χ3v) is 5.64. The van der Waals surface area contributed by atoms with E-state index in [0.717, 1.165) is 23.7 Å². The van der Waals surface area contributed by atoms with E-state index in [1.807, 2.05) is 6.92 Å². The summed E-state index contributed by atoms with van der Waals surface area (Å²) in [5, 5.41) is 3.93. The van der Waals surface area contributed by atoms with Gasteiger partial charge in [0, 0.05) is 43.1 Å². The third kappa shape index (κ3) is 3.98. The summed E-state index contributed by atoms with van der Waals surface area (Å²) in [5.74, 6) is 0.818. The van der Waals surface area contributed by atoms with Crippen LogP contribution >= 0.6 is 0 Å². The highest BCUT2D eigenvalue weighted by molar-refractivity contribution is 5.79. The molecular weight excluding hydrogens is 403 g/mol. The van der Waals surface area contributed by atoms with Crippen molar-refractivity contribution >= 4 is 11.7 Å². The number of aryl methyl sites for hydroxylation is 2. The third-order valence-electron chi connectivity index (χ3n) is 5.64. The van der Waals surface area contributed by atoms with Gasteiger partial charge in [-0.15, -0.1) is 0 Å². The molecule has 0 aliphatic carbocycles. The Kier molecular flexibility index (Phi) is 5.16. The standard InChI is InChI=1S/C19H22F3N5O3/c1-12-14(13(2)30-25-12)7-27-9-18(6-17(27)28)8-26(3-4-29-10-18)16-5-15(19(20,21)22)23-11-24-16/h5,11H,3-4,6-10H2,1-2H3/t18-/m0/s1. The maximum Gasteiger partial charge on any atom is 0.433 e. The maximum atomic E-state index is 13.1. The summed E-state index contributed by atoms with van der Waals surface area (Å²) in [6.45, 7) is 5.88. The number of carbonyl (C=O) groups excluding carboxylic acids is 1. The molecule has 0 unspecified atom stereocenters. The quantitative estimate of drug-likeness (QED) is 0.746. The van der Waals surface area contributed by atoms with Crippen molar-refractivity contribution in [1.29, 1.82) is 0 Å². The van der Waals surface area contributed by atoms with Crippen LogP contribution in [0.15, 0.2) is 16.9 Å². The van der Waals surface area contributed by atoms with E-state index in [-0.39, 0.29) is 18.1 Å². The van der Waals surface area contributed by atoms with E-state index in [0.29, 0.717) is 45.2 Å². The molecule has 4 heterocycles. The average molecular weight is 425 g/mol. The Morgan fingerprint density at radius 1 is 1.23 bits per heavy atom. The molecule has 2 aliphatic heterocycles. The van der Waals surface area contributed by atoms with Crippen molar-refractivity contribution < 1.29 is 27.2 Å². The molecule has 1 atom stereocenters. The van der Waals surface area contributed by atoms with E-state index in [4.69, 9.17) is 9.26 Å². The topological polar surface area (TPSA) is 84.6 Å². The number of carbonyl (C=O) groups is 1. The molecule has 2 aliphatic rings. The highest BCUT2D eigenvalue weighted by Gasteiger charge is 2.46. The molecule has 0 aromatic carbocycles. The van der Waals surface area contributed by atoms with E-state index >= 15 is 0 Å². The molecule has 0 bridgehead atoms. The lowest BCUT2D eigenvalue weighted by Crippen LogP contribution is -2.41. The Morgan fingerprint density at radius 3 is 2.73 bits per heavy atom. The first-order valence-corrected chi connectivity index (χ1v) is 9.58. The van der Waals surface area contributed by atoms with Gasteiger partial charge in [-0.1, -0.05) is 5.16 Å². The number of ether oxygens (including phenoxy) is 1. The summed E-state index contributed by atoms with van der Waals surface area (Å²) < 4.78 is 50.1. The zero-order chi connectivity index (χ0) is 21.5. The van der Waals surface area contributed by atoms with Crippen molar-refractivity contribution in [2.24, 2.45) is 5.41 Å². The fourth-order valence-electron chi connectivity index (χ4n) is 4.11. The number of halogens is 3. The minimum Gasteiger partial charge on any atom is -0.379 e. The first kappa shape index (κ1) is 20.6. The van der Waals surface area contributed by atoms with Crippen LogP contribution in [0.4, 0.5) is 19.0 Å². The SMILES string of the molecule is Cc1noc(C)c1CN1C[C@]2(COCCN(c3cc(C(F)(F)F)ncn3)C2)CC1=O. The van der Waals surface area contributed by atoms with Gasteiger partial charge in [0.05, 0.1) is 25.5 Å². The molecule has 8 nitrogen and oxygen atoms in total. The molecule has 2 aromatic heterocycles. The predicted octanol–water partition coefficient (Wildman–Crippen LogP) is 2.36. The van der Waals surface area contributed by atoms with Crippen LogP contribution in [0.5, 0.6) is 0 Å². The number of alkyl halides is 3. The molecule has 1 spiro atoms. The van der Waals surface area contributed by atoms with Crippen molar-refractivity contribution in [3.8, 4) is 0 Å². The summed E-state index contributed by atoms with van der Waals surface area (Å²) >= 11 is 0. The molecule has 162 valence electrons. The molecule has 4 rings (SSSR count). The first-order valence-electron chi connectivity index (χ1n) is 9.58. The lowest BCUT2D eigenvalue weighted by atomic mass is 9.87. The lowest BCUT2D eigenvalue weighted by molar-refractivity contribution is -0.141. The Balaban J connectivity index is 1.55. The molecular formula is C19H22F3N5O3. The van der Waals surface area contributed by atoms with Crippen LogP contribution in [0, 0.1) is 19.3 Å². The van der Waals surface area contributed by atoms with Gasteiger partial charge in [-0.2, -0.15) is 13.2 Å². The number of aromatic nitrogens is 3. The van der Waals surface area contributed by atoms with E-state index in [9.17, 15) is 18.0 Å². The molecule has 0 N–H and O–H groups in total. The number of anilines is 1. The second-order valence-corrected chi connectivity index (χ2v) is 7.96. The van der Waals surface area contributed by atoms with Crippen LogP contribution in [0.2, 0.25) is 0 Å². The Hall–Kier alpha value is -2.69. The van der Waals surface area contributed by atoms with Crippen LogP contribution in [0.1, 0.15) is 29.1 Å². The largest absolute Gasteiger partial charge is 0.433 e. The summed E-state index contributed by atoms with van der Waals surface area (Å²) in [6.07, 6.45) is -3.38. The summed E-state index contributed by atoms with van der Waals surface area (Å²) in [5.41, 5.74) is 0.0860. The summed E-state index contributed by atoms with van der Waals surface area (Å²) in [6, 6.07) is 0.942. The van der Waals surface area contributed by atoms with Gasteiger partial charge < -0.3 is 19.1 Å². The summed E-state index contributed by atoms with van der Waals surface area (Å²) in [4.78, 5) is 23.6. The number of nitrogens with zero attached hydrogens (tertiary/aromatic N) is 5. The molecule has 1 amide bonds. The van der Waals surface area contributed by atoms with Crippen LogP contribution in [0.25, 0.3) is 0 Å². The average Bonchev–Trinajstić information content (AvgIpc) is 3.07. The van der Waals surface area contributed by atoms with Crippen molar-refractivity contribution in [1.82, 2.24) is 20.0 Å². The summed E-state index contributed by atoms with van der Waals surface area (Å²) in [7, 11) is 0. The number of amides is 1. The van der Waals surface area contributed by atoms with Crippen molar-refractivity contribution in [3.63, 3.8) is 0 Å². The maximum absolute atomic E-state index is 13.1. The lowest BCUT2D eigenvalue weighted by Gasteiger charge is -2.32. The van der Waals surface area contributed by atoms with Gasteiger partial charge in [0.15, 0.2) is 0 Å². The van der Waals surface area contributed by atoms with Crippen LogP contribution in [0.3, 0.4) is 0 Å². The normalized spacial score (nSPS) is 22.8. The van der Waals surface area contributed by atoms with Crippen molar-refractivity contribution in [3.05, 3.63) is 35.1 Å². The Morgan fingerprint density at radius 2 is 2.03 bits per heavy atom. The number of likely N-dealkylation sites (tertiary alicyclic amines) is 1. The Labute approximate surface area is 171 Å². The van der Waals surface area contributed by atoms with Crippen LogP contribution in [-0.4, -0.2) is 58.8 Å². The van der Waals surface area contributed by atoms with Gasteiger partial charge in [-0.3, -0.25) is 4.79 Å². The second kappa shape index (κ2) is 7.53. The fraction of sp³-hybridized carbons (Fsp3) is 0.579. The highest BCUT2D eigenvalue weighted by atomic mass is 19.4. The van der Waals surface area contributed by atoms with Gasteiger partial charge in [0.25, 0.3) is 0 Å². The smallest absolute Gasteiger partial charge is 0.379 e. The van der Waals surface area contributed by atoms with Gasteiger partial charge in [-0.25, -0.2) is 9.97 Å². The van der Waals surface area contributed by atoms with Gasteiger partial charge >= 0.3 is 6.18 Å². The monoisotopic (exact) mass is 425 g/mol. The van der Waals surface area contributed by atoms with Crippen molar-refractivity contribution in [2.45, 2.75) is 33.0 Å². The molecule has 30 heavy (non-hydrogen) atoms. The van der Waals surface area contributed by atoms with E-state index in [1.54, 1.807) is 16.7 Å². The van der Waals surface area contributed by atoms with Gasteiger partial charge in [0.1, 0.15) is 23.6 Å². The fourth-order valence-corrected chi connectivity index (χ4v) is 4.11. The van der Waals surface area contributed by atoms with Crippen molar-refractivity contribution in [2.75, 3.05) is 37.7 Å². The van der Waals surface area contributed by atoms with Gasteiger partial charge in [-0.05, 0) is 13.8 Å². The number of rotatable bonds is 3. The highest BCUT2D eigenvalue weighted by Crippen LogP contribution is 2.37. The van der Waals surface area contributed by atoms with E-state index in [1.165, 1.54) is 0 Å². The Bertz CT molecular complexity index is 928. The minimum absolute atomic E-state index is 0.0286. The molecule has 2 fully saturated rings. The van der Waals surface area contributed by atoms with Crippen LogP contribution in [-0.2, 0) is 22.3 Å². The number of hydrogen-bond donors (Lipinski definition) is 0. The number of hydrogen-bond acceptors (Lipinski definition) is 7. The predicted molar refractivity (Wildman–Crippen MR) is 98.5 cm³/mol.